The van der Waals surface area contributed by atoms with Gasteiger partial charge in [0.1, 0.15) is 6.17 Å². The predicted molar refractivity (Wildman–Crippen MR) is 125 cm³/mol. The van der Waals surface area contributed by atoms with Gasteiger partial charge < -0.3 is 15.2 Å². The Labute approximate surface area is 190 Å². The van der Waals surface area contributed by atoms with E-state index in [1.165, 1.54) is 24.2 Å². The number of thioether (sulfide) groups is 1. The molecule has 0 bridgehead atoms. The van der Waals surface area contributed by atoms with Crippen molar-refractivity contribution in [2.24, 2.45) is 5.10 Å². The van der Waals surface area contributed by atoms with E-state index in [0.717, 1.165) is 11.6 Å². The number of hydrogen-bond acceptors (Lipinski definition) is 8. The molecule has 0 aliphatic carbocycles. The molecule has 0 saturated carbocycles. The lowest BCUT2D eigenvalue weighted by Gasteiger charge is -2.36. The van der Waals surface area contributed by atoms with E-state index < -0.39 is 0 Å². The maximum Gasteiger partial charge on any atom is 0.234 e. The number of nitrogens with zero attached hydrogens (tertiary/aromatic N) is 3. The molecule has 3 aliphatic heterocycles. The summed E-state index contributed by atoms with van der Waals surface area (Å²) in [6.07, 6.45) is 4.98. The highest BCUT2D eigenvalue weighted by atomic mass is 32.2. The van der Waals surface area contributed by atoms with Gasteiger partial charge in [0, 0.05) is 23.7 Å². The van der Waals surface area contributed by atoms with Crippen molar-refractivity contribution >= 4 is 34.3 Å². The van der Waals surface area contributed by atoms with Gasteiger partial charge in [0.2, 0.25) is 5.91 Å². The van der Waals surface area contributed by atoms with Gasteiger partial charge in [0.05, 0.1) is 17.8 Å². The number of amides is 1. The van der Waals surface area contributed by atoms with Crippen molar-refractivity contribution in [2.45, 2.75) is 31.6 Å². The number of rotatable bonds is 5. The molecule has 32 heavy (non-hydrogen) atoms. The molecule has 3 aliphatic rings. The van der Waals surface area contributed by atoms with Gasteiger partial charge in [-0.3, -0.25) is 15.0 Å². The van der Waals surface area contributed by atoms with Crippen molar-refractivity contribution in [2.75, 3.05) is 11.1 Å². The van der Waals surface area contributed by atoms with Crippen LogP contribution in [0.2, 0.25) is 0 Å². The van der Waals surface area contributed by atoms with Crippen molar-refractivity contribution in [3.63, 3.8) is 0 Å². The number of benzene rings is 2. The van der Waals surface area contributed by atoms with Gasteiger partial charge in [-0.2, -0.15) is 5.10 Å². The number of hydrazone groups is 1. The van der Waals surface area contributed by atoms with Crippen molar-refractivity contribution in [1.82, 2.24) is 20.8 Å². The molecule has 3 N–H and O–H groups in total. The molecule has 3 unspecified atom stereocenters. The van der Waals surface area contributed by atoms with Crippen molar-refractivity contribution < 1.29 is 9.59 Å². The summed E-state index contributed by atoms with van der Waals surface area (Å²) < 4.78 is 0. The Hall–Kier alpha value is -3.30. The fourth-order valence-corrected chi connectivity index (χ4v) is 4.97. The third-order valence-electron chi connectivity index (χ3n) is 5.79. The molecule has 5 rings (SSSR count). The van der Waals surface area contributed by atoms with Gasteiger partial charge in [0.15, 0.2) is 11.0 Å². The largest absolute Gasteiger partial charge is 0.325 e. The lowest BCUT2D eigenvalue weighted by molar-refractivity contribution is -0.113. The normalized spacial score (nSPS) is 23.3. The van der Waals surface area contributed by atoms with Gasteiger partial charge in [0.25, 0.3) is 0 Å². The van der Waals surface area contributed by atoms with Crippen molar-refractivity contribution in [3.05, 3.63) is 78.1 Å². The number of fused-ring (bicyclic) bond motifs is 3. The van der Waals surface area contributed by atoms with E-state index in [0.29, 0.717) is 11.3 Å². The lowest BCUT2D eigenvalue weighted by atomic mass is 10.00. The van der Waals surface area contributed by atoms with Gasteiger partial charge in [-0.1, -0.05) is 54.2 Å². The second kappa shape index (κ2) is 8.68. The summed E-state index contributed by atoms with van der Waals surface area (Å²) in [7, 11) is 0. The van der Waals surface area contributed by atoms with E-state index >= 15 is 0 Å². The number of carbonyl (C=O) groups excluding carboxylic acids is 2. The van der Waals surface area contributed by atoms with Crippen LogP contribution in [-0.4, -0.2) is 44.7 Å². The molecule has 2 aromatic carbocycles. The van der Waals surface area contributed by atoms with Crippen LogP contribution in [0.3, 0.4) is 0 Å². The highest BCUT2D eigenvalue weighted by Crippen LogP contribution is 2.35. The fourth-order valence-electron chi connectivity index (χ4n) is 4.20. The molecule has 0 aromatic heterocycles. The van der Waals surface area contributed by atoms with Crippen LogP contribution in [0.5, 0.6) is 0 Å². The topological polar surface area (TPSA) is 89.1 Å². The SMILES string of the molecule is CC(=O)c1cccc(NC(=O)CSC2=NNC3C4CC(c5ccccc5)NN4C=CN23)c1. The van der Waals surface area contributed by atoms with Crippen molar-refractivity contribution in [3.8, 4) is 0 Å². The number of hydrazine groups is 1. The van der Waals surface area contributed by atoms with Gasteiger partial charge in [-0.25, -0.2) is 5.43 Å². The maximum absolute atomic E-state index is 12.4. The Balaban J connectivity index is 1.17. The third kappa shape index (κ3) is 4.09. The van der Waals surface area contributed by atoms with E-state index in [9.17, 15) is 9.59 Å². The highest BCUT2D eigenvalue weighted by molar-refractivity contribution is 8.14. The molecule has 8 nitrogen and oxygen atoms in total. The van der Waals surface area contributed by atoms with Crippen LogP contribution in [0.25, 0.3) is 0 Å². The molecule has 164 valence electrons. The molecule has 1 saturated heterocycles. The monoisotopic (exact) mass is 448 g/mol. The van der Waals surface area contributed by atoms with Crippen LogP contribution in [0.4, 0.5) is 5.69 Å². The average Bonchev–Trinajstić information content (AvgIpc) is 3.42. The molecule has 3 heterocycles. The summed E-state index contributed by atoms with van der Waals surface area (Å²) in [5.41, 5.74) is 9.25. The zero-order chi connectivity index (χ0) is 22.1. The van der Waals surface area contributed by atoms with E-state index in [1.54, 1.807) is 24.3 Å². The van der Waals surface area contributed by atoms with E-state index in [-0.39, 0.29) is 35.7 Å². The zero-order valence-corrected chi connectivity index (χ0v) is 18.4. The number of ketones is 1. The molecule has 2 aromatic rings. The first-order valence-corrected chi connectivity index (χ1v) is 11.5. The Morgan fingerprint density at radius 3 is 2.81 bits per heavy atom. The quantitative estimate of drug-likeness (QED) is 0.606. The Bertz CT molecular complexity index is 1090. The summed E-state index contributed by atoms with van der Waals surface area (Å²) in [5.74, 6) is 0.0482. The van der Waals surface area contributed by atoms with Crippen LogP contribution < -0.4 is 16.2 Å². The van der Waals surface area contributed by atoms with E-state index in [4.69, 9.17) is 0 Å². The number of anilines is 1. The summed E-state index contributed by atoms with van der Waals surface area (Å²) >= 11 is 1.38. The fraction of sp³-hybridized carbons (Fsp3) is 0.261. The number of hydrogen-bond donors (Lipinski definition) is 3. The predicted octanol–water partition coefficient (Wildman–Crippen LogP) is 2.87. The number of Topliss-reactive ketones (excluding diaryl/α,β-unsaturated/α-hetero) is 1. The third-order valence-corrected chi connectivity index (χ3v) is 6.76. The second-order valence-electron chi connectivity index (χ2n) is 7.95. The smallest absolute Gasteiger partial charge is 0.234 e. The number of nitrogens with one attached hydrogen (secondary N) is 3. The van der Waals surface area contributed by atoms with E-state index in [1.807, 2.05) is 18.5 Å². The first-order valence-electron chi connectivity index (χ1n) is 10.5. The molecule has 3 atom stereocenters. The standard InChI is InChI=1S/C23H24N6O2S/c1-15(30)17-8-5-9-18(12-17)24-21(31)14-32-23-26-25-22-20-13-19(16-6-3-2-4-7-16)27-29(20)11-10-28(22)23/h2-12,19-20,22,25,27H,13-14H2,1H3,(H,24,31). The van der Waals surface area contributed by atoms with Crippen molar-refractivity contribution in [1.29, 1.82) is 0 Å². The Kier molecular flexibility index (Phi) is 5.59. The summed E-state index contributed by atoms with van der Waals surface area (Å²) in [6, 6.07) is 17.9. The Morgan fingerprint density at radius 2 is 2.00 bits per heavy atom. The number of amidine groups is 1. The minimum atomic E-state index is -0.142. The van der Waals surface area contributed by atoms with Gasteiger partial charge in [-0.15, -0.1) is 0 Å². The van der Waals surface area contributed by atoms with Crippen LogP contribution in [-0.2, 0) is 4.79 Å². The summed E-state index contributed by atoms with van der Waals surface area (Å²) in [6.45, 7) is 1.51. The average molecular weight is 449 g/mol. The molecule has 0 radical (unpaired) electrons. The maximum atomic E-state index is 12.4. The minimum absolute atomic E-state index is 0.0130. The molecular formula is C23H24N6O2S. The molecule has 1 fully saturated rings. The lowest BCUT2D eigenvalue weighted by Crippen LogP contribution is -2.54. The summed E-state index contributed by atoms with van der Waals surface area (Å²) in [5, 5.41) is 10.2. The van der Waals surface area contributed by atoms with Crippen LogP contribution in [0.1, 0.15) is 35.3 Å². The number of carbonyl (C=O) groups is 2. The molecule has 0 spiro atoms. The van der Waals surface area contributed by atoms with Gasteiger partial charge in [-0.05, 0) is 31.0 Å². The van der Waals surface area contributed by atoms with Crippen LogP contribution >= 0.6 is 11.8 Å². The first-order chi connectivity index (χ1) is 15.6. The Morgan fingerprint density at radius 1 is 1.16 bits per heavy atom. The molecule has 1 amide bonds. The van der Waals surface area contributed by atoms with E-state index in [2.05, 4.69) is 55.4 Å². The highest BCUT2D eigenvalue weighted by Gasteiger charge is 2.44. The molecule has 9 heteroatoms. The first kappa shape index (κ1) is 20.6. The van der Waals surface area contributed by atoms with Gasteiger partial charge >= 0.3 is 0 Å². The molecular weight excluding hydrogens is 424 g/mol. The second-order valence-corrected chi connectivity index (χ2v) is 8.89. The summed E-state index contributed by atoms with van der Waals surface area (Å²) in [4.78, 5) is 26.1. The van der Waals surface area contributed by atoms with Crippen LogP contribution in [0.15, 0.2) is 72.1 Å². The van der Waals surface area contributed by atoms with Crippen LogP contribution in [0, 0.1) is 0 Å². The minimum Gasteiger partial charge on any atom is -0.325 e. The zero-order valence-electron chi connectivity index (χ0n) is 17.6.